The normalized spacial score (nSPS) is 15.0. The number of carbonyl (C=O) groups is 1. The zero-order valence-electron chi connectivity index (χ0n) is 18.6. The highest BCUT2D eigenvalue weighted by molar-refractivity contribution is 6.08. The highest BCUT2D eigenvalue weighted by Crippen LogP contribution is 2.34. The molecule has 1 aromatic carbocycles. The Kier molecular flexibility index (Phi) is 5.47. The Labute approximate surface area is 191 Å². The minimum absolute atomic E-state index is 0.00803. The van der Waals surface area contributed by atoms with Gasteiger partial charge < -0.3 is 30.6 Å². The van der Waals surface area contributed by atoms with Crippen LogP contribution in [0.4, 0.5) is 22.7 Å². The van der Waals surface area contributed by atoms with Crippen molar-refractivity contribution in [1.29, 1.82) is 0 Å². The van der Waals surface area contributed by atoms with Gasteiger partial charge in [-0.25, -0.2) is 4.98 Å². The maximum Gasteiger partial charge on any atom is 0.263 e. The molecule has 0 bridgehead atoms. The number of amides is 1. The number of anilines is 4. The molecule has 0 fully saturated rings. The summed E-state index contributed by atoms with van der Waals surface area (Å²) in [6.07, 6.45) is 4.14. The van der Waals surface area contributed by atoms with Gasteiger partial charge in [0.05, 0.1) is 17.6 Å². The zero-order valence-corrected chi connectivity index (χ0v) is 18.6. The van der Waals surface area contributed by atoms with E-state index in [4.69, 9.17) is 4.74 Å². The van der Waals surface area contributed by atoms with Crippen molar-refractivity contribution in [2.24, 2.45) is 0 Å². The first-order valence-corrected chi connectivity index (χ1v) is 11.0. The summed E-state index contributed by atoms with van der Waals surface area (Å²) in [5.74, 6) is 0.0692. The van der Waals surface area contributed by atoms with Gasteiger partial charge in [0.1, 0.15) is 17.9 Å². The third kappa shape index (κ3) is 4.14. The first-order chi connectivity index (χ1) is 16.0. The standard InChI is InChI=1S/C24H26N6O3/c1-14-19(12-27-24-21(14)25-8-10-33-24)29-18-5-7-26-22(31)20(18)23(32)28-17-4-3-15-6-9-30(2)13-16(15)11-17/h3-5,7,11-12,25H,6,8-10,13H2,1-2H3,(H,28,32)(H2,26,29,31). The van der Waals surface area contributed by atoms with Gasteiger partial charge in [0.25, 0.3) is 11.5 Å². The van der Waals surface area contributed by atoms with E-state index in [9.17, 15) is 9.59 Å². The molecule has 9 nitrogen and oxygen atoms in total. The molecule has 5 rings (SSSR count). The van der Waals surface area contributed by atoms with Gasteiger partial charge >= 0.3 is 0 Å². The third-order valence-electron chi connectivity index (χ3n) is 6.07. The van der Waals surface area contributed by atoms with Crippen LogP contribution in [-0.4, -0.2) is 47.5 Å². The molecule has 0 aliphatic carbocycles. The molecule has 3 aromatic rings. The van der Waals surface area contributed by atoms with Crippen molar-refractivity contribution in [3.63, 3.8) is 0 Å². The molecule has 0 atom stereocenters. The Morgan fingerprint density at radius 2 is 2.09 bits per heavy atom. The van der Waals surface area contributed by atoms with Gasteiger partial charge in [0.15, 0.2) is 0 Å². The van der Waals surface area contributed by atoms with E-state index in [-0.39, 0.29) is 5.56 Å². The number of nitrogens with one attached hydrogen (secondary N) is 4. The molecule has 170 valence electrons. The average molecular weight is 447 g/mol. The number of carbonyl (C=O) groups excluding carboxylic acids is 1. The van der Waals surface area contributed by atoms with Gasteiger partial charge in [0, 0.05) is 37.1 Å². The predicted molar refractivity (Wildman–Crippen MR) is 128 cm³/mol. The quantitative estimate of drug-likeness (QED) is 0.488. The third-order valence-corrected chi connectivity index (χ3v) is 6.07. The number of H-pyrrole nitrogens is 1. The number of benzene rings is 1. The number of aromatic nitrogens is 2. The summed E-state index contributed by atoms with van der Waals surface area (Å²) in [5, 5.41) is 9.39. The predicted octanol–water partition coefficient (Wildman–Crippen LogP) is 2.87. The van der Waals surface area contributed by atoms with E-state index >= 15 is 0 Å². The van der Waals surface area contributed by atoms with Gasteiger partial charge in [-0.3, -0.25) is 9.59 Å². The van der Waals surface area contributed by atoms with Crippen LogP contribution in [0.2, 0.25) is 0 Å². The average Bonchev–Trinajstić information content (AvgIpc) is 2.81. The van der Waals surface area contributed by atoms with Crippen molar-refractivity contribution >= 4 is 28.7 Å². The zero-order chi connectivity index (χ0) is 22.9. The lowest BCUT2D eigenvalue weighted by atomic mass is 9.99. The lowest BCUT2D eigenvalue weighted by Crippen LogP contribution is -2.27. The molecule has 2 aromatic heterocycles. The molecule has 2 aliphatic rings. The van der Waals surface area contributed by atoms with E-state index in [1.807, 2.05) is 25.1 Å². The van der Waals surface area contributed by atoms with Gasteiger partial charge in [-0.05, 0) is 49.7 Å². The number of hydrogen-bond acceptors (Lipinski definition) is 7. The van der Waals surface area contributed by atoms with Crippen LogP contribution in [0.15, 0.2) is 41.5 Å². The van der Waals surface area contributed by atoms with E-state index in [1.54, 1.807) is 12.3 Å². The van der Waals surface area contributed by atoms with Crippen LogP contribution in [0.1, 0.15) is 27.0 Å². The maximum absolute atomic E-state index is 13.2. The lowest BCUT2D eigenvalue weighted by molar-refractivity contribution is 0.102. The smallest absolute Gasteiger partial charge is 0.263 e. The molecule has 0 unspecified atom stereocenters. The van der Waals surface area contributed by atoms with Crippen LogP contribution in [0, 0.1) is 6.92 Å². The van der Waals surface area contributed by atoms with E-state index in [0.29, 0.717) is 36.1 Å². The SMILES string of the molecule is Cc1c(Nc2cc[nH]c(=O)c2C(=O)Nc2ccc3c(c2)CN(C)CC3)cnc2c1NCCO2. The minimum Gasteiger partial charge on any atom is -0.474 e. The molecular formula is C24H26N6O3. The summed E-state index contributed by atoms with van der Waals surface area (Å²) in [6, 6.07) is 7.58. The van der Waals surface area contributed by atoms with E-state index in [1.165, 1.54) is 17.3 Å². The van der Waals surface area contributed by atoms with Crippen molar-refractivity contribution in [3.8, 4) is 5.88 Å². The number of likely N-dealkylation sites (N-methyl/N-ethyl adjacent to an activating group) is 1. The molecule has 33 heavy (non-hydrogen) atoms. The summed E-state index contributed by atoms with van der Waals surface area (Å²) in [5.41, 5.74) is 5.46. The molecule has 4 N–H and O–H groups in total. The Hall–Kier alpha value is -3.85. The monoisotopic (exact) mass is 446 g/mol. The molecule has 2 aliphatic heterocycles. The Balaban J connectivity index is 1.43. The topological polar surface area (TPSA) is 111 Å². The largest absolute Gasteiger partial charge is 0.474 e. The number of pyridine rings is 2. The highest BCUT2D eigenvalue weighted by atomic mass is 16.5. The van der Waals surface area contributed by atoms with Crippen molar-refractivity contribution in [3.05, 3.63) is 69.3 Å². The summed E-state index contributed by atoms with van der Waals surface area (Å²) in [7, 11) is 2.08. The fraction of sp³-hybridized carbons (Fsp3) is 0.292. The number of hydrogen-bond donors (Lipinski definition) is 4. The van der Waals surface area contributed by atoms with Crippen molar-refractivity contribution < 1.29 is 9.53 Å². The molecule has 0 saturated heterocycles. The Morgan fingerprint density at radius 1 is 1.21 bits per heavy atom. The lowest BCUT2D eigenvalue weighted by Gasteiger charge is -2.25. The second-order valence-electron chi connectivity index (χ2n) is 8.40. The van der Waals surface area contributed by atoms with Gasteiger partial charge in [-0.15, -0.1) is 0 Å². The van der Waals surface area contributed by atoms with Crippen LogP contribution in [0.25, 0.3) is 0 Å². The first kappa shape index (κ1) is 21.0. The van der Waals surface area contributed by atoms with Gasteiger partial charge in [-0.1, -0.05) is 6.07 Å². The maximum atomic E-state index is 13.2. The van der Waals surface area contributed by atoms with E-state index < -0.39 is 11.5 Å². The second kappa shape index (κ2) is 8.59. The molecule has 0 radical (unpaired) electrons. The highest BCUT2D eigenvalue weighted by Gasteiger charge is 2.21. The van der Waals surface area contributed by atoms with Crippen molar-refractivity contribution in [1.82, 2.24) is 14.9 Å². The molecule has 9 heteroatoms. The molecule has 4 heterocycles. The van der Waals surface area contributed by atoms with Crippen molar-refractivity contribution in [2.75, 3.05) is 42.7 Å². The van der Waals surface area contributed by atoms with Crippen molar-refractivity contribution in [2.45, 2.75) is 19.9 Å². The number of ether oxygens (including phenoxy) is 1. The fourth-order valence-corrected chi connectivity index (χ4v) is 4.27. The van der Waals surface area contributed by atoms with Crippen LogP contribution >= 0.6 is 0 Å². The van der Waals surface area contributed by atoms with E-state index in [0.717, 1.165) is 30.8 Å². The van der Waals surface area contributed by atoms with Crippen LogP contribution in [0.3, 0.4) is 0 Å². The van der Waals surface area contributed by atoms with Crippen LogP contribution in [0.5, 0.6) is 5.88 Å². The first-order valence-electron chi connectivity index (χ1n) is 11.0. The fourth-order valence-electron chi connectivity index (χ4n) is 4.27. The minimum atomic E-state index is -0.478. The number of nitrogens with zero attached hydrogens (tertiary/aromatic N) is 2. The Bertz CT molecular complexity index is 1290. The molecule has 0 saturated carbocycles. The van der Waals surface area contributed by atoms with E-state index in [2.05, 4.69) is 37.9 Å². The summed E-state index contributed by atoms with van der Waals surface area (Å²) >= 11 is 0. The second-order valence-corrected chi connectivity index (χ2v) is 8.40. The Morgan fingerprint density at radius 3 is 2.97 bits per heavy atom. The summed E-state index contributed by atoms with van der Waals surface area (Å²) < 4.78 is 5.58. The van der Waals surface area contributed by atoms with Gasteiger partial charge in [-0.2, -0.15) is 0 Å². The molecular weight excluding hydrogens is 420 g/mol. The number of rotatable bonds is 4. The molecule has 1 amide bonds. The van der Waals surface area contributed by atoms with Crippen LogP contribution < -0.4 is 26.2 Å². The summed E-state index contributed by atoms with van der Waals surface area (Å²) in [4.78, 5) is 35.0. The number of aromatic amines is 1. The van der Waals surface area contributed by atoms with Crippen LogP contribution in [-0.2, 0) is 13.0 Å². The number of fused-ring (bicyclic) bond motifs is 2. The molecule has 0 spiro atoms. The van der Waals surface area contributed by atoms with Gasteiger partial charge in [0.2, 0.25) is 5.88 Å². The summed E-state index contributed by atoms with van der Waals surface area (Å²) in [6.45, 7) is 5.03.